The Labute approximate surface area is 160 Å². The van der Waals surface area contributed by atoms with E-state index in [4.69, 9.17) is 4.42 Å². The zero-order chi connectivity index (χ0) is 19.2. The van der Waals surface area contributed by atoms with E-state index in [1.54, 1.807) is 6.26 Å². The van der Waals surface area contributed by atoms with Crippen LogP contribution < -0.4 is 0 Å². The molecule has 140 valence electrons. The molecular formula is C23H26N2O2. The molecule has 0 saturated carbocycles. The fourth-order valence-corrected chi connectivity index (χ4v) is 3.11. The van der Waals surface area contributed by atoms with Gasteiger partial charge in [-0.3, -0.25) is 4.79 Å². The van der Waals surface area contributed by atoms with Crippen LogP contribution in [0, 0.1) is 6.92 Å². The molecule has 0 radical (unpaired) electrons. The highest BCUT2D eigenvalue weighted by atomic mass is 16.3. The smallest absolute Gasteiger partial charge is 0.223 e. The SMILES string of the molecule is Cc1ccccc1CCC(=O)N(Cc1nc(-c2ccccc2)co1)C(C)C. The fraction of sp³-hybridized carbons (Fsp3) is 0.304. The lowest BCUT2D eigenvalue weighted by Crippen LogP contribution is -2.36. The molecule has 4 heteroatoms. The quantitative estimate of drug-likeness (QED) is 0.593. The van der Waals surface area contributed by atoms with Crippen LogP contribution in [0.2, 0.25) is 0 Å². The Balaban J connectivity index is 1.66. The van der Waals surface area contributed by atoms with Gasteiger partial charge >= 0.3 is 0 Å². The number of oxazole rings is 1. The Morgan fingerprint density at radius 1 is 1.07 bits per heavy atom. The van der Waals surface area contributed by atoms with Crippen molar-refractivity contribution in [3.63, 3.8) is 0 Å². The molecule has 0 aliphatic rings. The largest absolute Gasteiger partial charge is 0.446 e. The number of hydrogen-bond acceptors (Lipinski definition) is 3. The van der Waals surface area contributed by atoms with E-state index in [2.05, 4.69) is 24.0 Å². The molecule has 1 aromatic heterocycles. The number of amides is 1. The minimum absolute atomic E-state index is 0.0847. The first kappa shape index (κ1) is 18.9. The van der Waals surface area contributed by atoms with Crippen molar-refractivity contribution in [3.8, 4) is 11.3 Å². The lowest BCUT2D eigenvalue weighted by atomic mass is 10.0. The topological polar surface area (TPSA) is 46.3 Å². The first-order valence-electron chi connectivity index (χ1n) is 9.38. The van der Waals surface area contributed by atoms with Crippen molar-refractivity contribution >= 4 is 5.91 Å². The Hall–Kier alpha value is -2.88. The molecule has 3 rings (SSSR count). The van der Waals surface area contributed by atoms with Crippen molar-refractivity contribution in [1.82, 2.24) is 9.88 Å². The second kappa shape index (κ2) is 8.67. The average molecular weight is 362 g/mol. The standard InChI is InChI=1S/C23H26N2O2/c1-17(2)25(23(26)14-13-19-10-8-7-9-18(19)3)15-22-24-21(16-27-22)20-11-5-4-6-12-20/h4-12,16-17H,13-15H2,1-3H3. The van der Waals surface area contributed by atoms with E-state index in [1.165, 1.54) is 11.1 Å². The summed E-state index contributed by atoms with van der Waals surface area (Å²) in [5, 5.41) is 0. The Morgan fingerprint density at radius 3 is 2.48 bits per heavy atom. The van der Waals surface area contributed by atoms with E-state index in [9.17, 15) is 4.79 Å². The van der Waals surface area contributed by atoms with Gasteiger partial charge < -0.3 is 9.32 Å². The molecule has 0 aliphatic heterocycles. The van der Waals surface area contributed by atoms with Gasteiger partial charge in [-0.2, -0.15) is 0 Å². The number of carbonyl (C=O) groups excluding carboxylic acids is 1. The third kappa shape index (κ3) is 4.85. The van der Waals surface area contributed by atoms with Crippen molar-refractivity contribution in [2.75, 3.05) is 0 Å². The summed E-state index contributed by atoms with van der Waals surface area (Å²) in [6.45, 7) is 6.51. The molecule has 0 unspecified atom stereocenters. The van der Waals surface area contributed by atoms with E-state index in [0.29, 0.717) is 18.9 Å². The molecule has 1 amide bonds. The van der Waals surface area contributed by atoms with Gasteiger partial charge in [-0.15, -0.1) is 0 Å². The van der Waals surface area contributed by atoms with Gasteiger partial charge in [0.2, 0.25) is 11.8 Å². The summed E-state index contributed by atoms with van der Waals surface area (Å²) in [7, 11) is 0. The number of benzene rings is 2. The van der Waals surface area contributed by atoms with Crippen LogP contribution in [0.25, 0.3) is 11.3 Å². The molecule has 0 N–H and O–H groups in total. The first-order chi connectivity index (χ1) is 13.0. The lowest BCUT2D eigenvalue weighted by molar-refractivity contribution is -0.133. The van der Waals surface area contributed by atoms with Crippen LogP contribution in [-0.4, -0.2) is 21.8 Å². The predicted molar refractivity (Wildman–Crippen MR) is 107 cm³/mol. The van der Waals surface area contributed by atoms with Crippen LogP contribution >= 0.6 is 0 Å². The van der Waals surface area contributed by atoms with Gasteiger partial charge in [0.05, 0.1) is 6.54 Å². The second-order valence-corrected chi connectivity index (χ2v) is 7.03. The zero-order valence-electron chi connectivity index (χ0n) is 16.2. The number of rotatable bonds is 7. The summed E-state index contributed by atoms with van der Waals surface area (Å²) in [5.74, 6) is 0.680. The third-order valence-electron chi connectivity index (χ3n) is 4.74. The van der Waals surface area contributed by atoms with Gasteiger partial charge in [0.25, 0.3) is 0 Å². The van der Waals surface area contributed by atoms with Crippen LogP contribution in [-0.2, 0) is 17.8 Å². The molecule has 0 bridgehead atoms. The lowest BCUT2D eigenvalue weighted by Gasteiger charge is -2.25. The van der Waals surface area contributed by atoms with E-state index in [-0.39, 0.29) is 11.9 Å². The summed E-state index contributed by atoms with van der Waals surface area (Å²) in [4.78, 5) is 19.2. The maximum absolute atomic E-state index is 12.8. The summed E-state index contributed by atoms with van der Waals surface area (Å²) >= 11 is 0. The monoisotopic (exact) mass is 362 g/mol. The molecule has 0 saturated heterocycles. The van der Waals surface area contributed by atoms with Crippen molar-refractivity contribution in [2.24, 2.45) is 0 Å². The third-order valence-corrected chi connectivity index (χ3v) is 4.74. The summed E-state index contributed by atoms with van der Waals surface area (Å²) < 4.78 is 5.63. The van der Waals surface area contributed by atoms with E-state index < -0.39 is 0 Å². The van der Waals surface area contributed by atoms with Crippen LogP contribution in [0.3, 0.4) is 0 Å². The number of nitrogens with zero attached hydrogens (tertiary/aromatic N) is 2. The molecule has 1 heterocycles. The van der Waals surface area contributed by atoms with Gasteiger partial charge in [0, 0.05) is 18.0 Å². The molecule has 0 atom stereocenters. The van der Waals surface area contributed by atoms with Crippen molar-refractivity contribution in [2.45, 2.75) is 46.2 Å². The highest BCUT2D eigenvalue weighted by molar-refractivity contribution is 5.76. The number of aryl methyl sites for hydroxylation is 2. The second-order valence-electron chi connectivity index (χ2n) is 7.03. The van der Waals surface area contributed by atoms with Gasteiger partial charge in [0.1, 0.15) is 12.0 Å². The number of hydrogen-bond donors (Lipinski definition) is 0. The summed E-state index contributed by atoms with van der Waals surface area (Å²) in [5.41, 5.74) is 4.25. The molecule has 3 aromatic rings. The molecule has 4 nitrogen and oxygen atoms in total. The van der Waals surface area contributed by atoms with E-state index in [1.807, 2.05) is 61.2 Å². The zero-order valence-corrected chi connectivity index (χ0v) is 16.2. The van der Waals surface area contributed by atoms with Crippen molar-refractivity contribution < 1.29 is 9.21 Å². The Bertz CT molecular complexity index is 884. The fourth-order valence-electron chi connectivity index (χ4n) is 3.11. The van der Waals surface area contributed by atoms with Crippen LogP contribution in [0.4, 0.5) is 0 Å². The molecule has 0 fully saturated rings. The Kier molecular flexibility index (Phi) is 6.07. The molecular weight excluding hydrogens is 336 g/mol. The minimum Gasteiger partial charge on any atom is -0.446 e. The van der Waals surface area contributed by atoms with Crippen molar-refractivity contribution in [1.29, 1.82) is 0 Å². The molecule has 0 spiro atoms. The van der Waals surface area contributed by atoms with Gasteiger partial charge in [-0.1, -0.05) is 54.6 Å². The van der Waals surface area contributed by atoms with Crippen LogP contribution in [0.1, 0.15) is 37.3 Å². The van der Waals surface area contributed by atoms with E-state index in [0.717, 1.165) is 17.7 Å². The summed E-state index contributed by atoms with van der Waals surface area (Å²) in [6.07, 6.45) is 2.88. The molecule has 27 heavy (non-hydrogen) atoms. The highest BCUT2D eigenvalue weighted by Gasteiger charge is 2.20. The Morgan fingerprint density at radius 2 is 1.78 bits per heavy atom. The highest BCUT2D eigenvalue weighted by Crippen LogP contribution is 2.20. The minimum atomic E-state index is 0.0847. The van der Waals surface area contributed by atoms with Gasteiger partial charge in [0.15, 0.2) is 0 Å². The van der Waals surface area contributed by atoms with Crippen LogP contribution in [0.15, 0.2) is 65.3 Å². The van der Waals surface area contributed by atoms with Gasteiger partial charge in [-0.05, 0) is 38.3 Å². The first-order valence-corrected chi connectivity index (χ1v) is 9.38. The maximum atomic E-state index is 12.8. The average Bonchev–Trinajstić information content (AvgIpc) is 3.14. The van der Waals surface area contributed by atoms with Crippen molar-refractivity contribution in [3.05, 3.63) is 77.9 Å². The molecule has 0 aliphatic carbocycles. The van der Waals surface area contributed by atoms with E-state index >= 15 is 0 Å². The number of carbonyl (C=O) groups is 1. The predicted octanol–water partition coefficient (Wildman–Crippen LogP) is 5.02. The van der Waals surface area contributed by atoms with Gasteiger partial charge in [-0.25, -0.2) is 4.98 Å². The normalized spacial score (nSPS) is 11.0. The maximum Gasteiger partial charge on any atom is 0.223 e. The number of aromatic nitrogens is 1. The summed E-state index contributed by atoms with van der Waals surface area (Å²) in [6, 6.07) is 18.2. The van der Waals surface area contributed by atoms with Crippen LogP contribution in [0.5, 0.6) is 0 Å². The molecule has 2 aromatic carbocycles.